The lowest BCUT2D eigenvalue weighted by Gasteiger charge is -2.20. The summed E-state index contributed by atoms with van der Waals surface area (Å²) in [6.07, 6.45) is 5.28. The van der Waals surface area contributed by atoms with Gasteiger partial charge in [0.05, 0.1) is 13.0 Å². The minimum Gasteiger partial charge on any atom is -0.493 e. The molecule has 3 rings (SSSR count). The number of benzene rings is 2. The Morgan fingerprint density at radius 2 is 1.81 bits per heavy atom. The predicted octanol–water partition coefficient (Wildman–Crippen LogP) is 4.30. The van der Waals surface area contributed by atoms with Gasteiger partial charge in [-0.05, 0) is 42.7 Å². The summed E-state index contributed by atoms with van der Waals surface area (Å²) in [5.41, 5.74) is 8.34. The summed E-state index contributed by atoms with van der Waals surface area (Å²) in [6.45, 7) is 0.613. The number of hydrogen-bond acceptors (Lipinski definition) is 5. The molecule has 0 spiro atoms. The van der Waals surface area contributed by atoms with Crippen LogP contribution in [0.25, 0.3) is 0 Å². The molecule has 1 aliphatic rings. The van der Waals surface area contributed by atoms with Gasteiger partial charge in [0.25, 0.3) is 0 Å². The van der Waals surface area contributed by atoms with E-state index in [1.54, 1.807) is 13.2 Å². The second kappa shape index (κ2) is 9.25. The third-order valence-corrected chi connectivity index (χ3v) is 4.68. The third-order valence-electron chi connectivity index (χ3n) is 4.68. The Morgan fingerprint density at radius 1 is 1.04 bits per heavy atom. The summed E-state index contributed by atoms with van der Waals surface area (Å²) in [4.78, 5) is 12.3. The fourth-order valence-corrected chi connectivity index (χ4v) is 3.21. The van der Waals surface area contributed by atoms with Crippen LogP contribution in [0.4, 0.5) is 5.69 Å². The number of methoxy groups -OCH3 is 1. The first kappa shape index (κ1) is 18.3. The van der Waals surface area contributed by atoms with Crippen molar-refractivity contribution in [2.45, 2.75) is 38.6 Å². The van der Waals surface area contributed by atoms with Crippen LogP contribution in [0, 0.1) is 5.92 Å². The number of ether oxygens (including phenoxy) is 2. The lowest BCUT2D eigenvalue weighted by atomic mass is 9.89. The van der Waals surface area contributed by atoms with Crippen LogP contribution in [0.15, 0.2) is 48.5 Å². The average molecular weight is 354 g/mol. The van der Waals surface area contributed by atoms with Crippen LogP contribution >= 0.6 is 0 Å². The molecule has 0 saturated heterocycles. The van der Waals surface area contributed by atoms with E-state index < -0.39 is 0 Å². The molecule has 5 heteroatoms. The molecule has 2 N–H and O–H groups in total. The van der Waals surface area contributed by atoms with Crippen LogP contribution < -0.4 is 20.3 Å². The van der Waals surface area contributed by atoms with E-state index in [0.717, 1.165) is 36.9 Å². The Kier molecular flexibility index (Phi) is 6.50. The van der Waals surface area contributed by atoms with Crippen LogP contribution in [0.2, 0.25) is 0 Å². The summed E-state index contributed by atoms with van der Waals surface area (Å²) >= 11 is 0. The van der Waals surface area contributed by atoms with Gasteiger partial charge in [0.2, 0.25) is 0 Å². The first-order valence-corrected chi connectivity index (χ1v) is 9.19. The van der Waals surface area contributed by atoms with Crippen LogP contribution in [0.5, 0.6) is 11.5 Å². The van der Waals surface area contributed by atoms with Gasteiger partial charge < -0.3 is 14.9 Å². The largest absolute Gasteiger partial charge is 0.493 e. The van der Waals surface area contributed by atoms with E-state index in [1.807, 2.05) is 42.5 Å². The van der Waals surface area contributed by atoms with Crippen molar-refractivity contribution in [3.63, 3.8) is 0 Å². The third kappa shape index (κ3) is 4.99. The molecule has 2 aromatic rings. The topological polar surface area (TPSA) is 59.6 Å². The van der Waals surface area contributed by atoms with Crippen molar-refractivity contribution in [2.24, 2.45) is 5.92 Å². The van der Waals surface area contributed by atoms with E-state index in [-0.39, 0.29) is 11.9 Å². The fraction of sp³-hybridized carbons (Fsp3) is 0.381. The molecule has 2 aromatic carbocycles. The van der Waals surface area contributed by atoms with Crippen LogP contribution in [-0.2, 0) is 11.3 Å². The van der Waals surface area contributed by atoms with E-state index in [4.69, 9.17) is 9.47 Å². The number of carbonyl (C=O) groups excluding carboxylic acids is 1. The van der Waals surface area contributed by atoms with E-state index in [1.165, 1.54) is 6.42 Å². The van der Waals surface area contributed by atoms with Crippen molar-refractivity contribution in [3.05, 3.63) is 54.1 Å². The molecule has 0 radical (unpaired) electrons. The first-order valence-electron chi connectivity index (χ1n) is 9.19. The van der Waals surface area contributed by atoms with Gasteiger partial charge in [-0.2, -0.15) is 0 Å². The lowest BCUT2D eigenvalue weighted by molar-refractivity contribution is -0.140. The van der Waals surface area contributed by atoms with Gasteiger partial charge in [-0.1, -0.05) is 43.5 Å². The fourth-order valence-electron chi connectivity index (χ4n) is 3.21. The summed E-state index contributed by atoms with van der Waals surface area (Å²) in [7, 11) is 1.59. The van der Waals surface area contributed by atoms with Crippen LogP contribution in [0.3, 0.4) is 0 Å². The van der Waals surface area contributed by atoms with Gasteiger partial charge in [0, 0.05) is 12.2 Å². The maximum absolute atomic E-state index is 12.3. The number of para-hydroxylation sites is 1. The number of hydrazine groups is 1. The van der Waals surface area contributed by atoms with Crippen molar-refractivity contribution in [3.8, 4) is 11.5 Å². The lowest BCUT2D eigenvalue weighted by Crippen LogP contribution is -2.23. The minimum atomic E-state index is -0.139. The summed E-state index contributed by atoms with van der Waals surface area (Å²) in [6, 6.07) is 15.5. The minimum absolute atomic E-state index is 0.0184. The van der Waals surface area contributed by atoms with Crippen molar-refractivity contribution in [1.82, 2.24) is 5.43 Å². The Labute approximate surface area is 154 Å². The van der Waals surface area contributed by atoms with Crippen LogP contribution in [0.1, 0.15) is 37.7 Å². The Morgan fingerprint density at radius 3 is 2.54 bits per heavy atom. The predicted molar refractivity (Wildman–Crippen MR) is 102 cm³/mol. The number of anilines is 1. The summed E-state index contributed by atoms with van der Waals surface area (Å²) < 4.78 is 11.0. The molecule has 0 atom stereocenters. The second-order valence-corrected chi connectivity index (χ2v) is 6.59. The monoisotopic (exact) mass is 354 g/mol. The molecule has 1 fully saturated rings. The van der Waals surface area contributed by atoms with Crippen molar-refractivity contribution < 1.29 is 14.3 Å². The molecule has 0 bridgehead atoms. The maximum Gasteiger partial charge on any atom is 0.314 e. The number of esters is 1. The van der Waals surface area contributed by atoms with E-state index in [2.05, 4.69) is 10.9 Å². The molecule has 1 aliphatic carbocycles. The molecule has 0 aromatic heterocycles. The molecule has 0 aliphatic heterocycles. The number of hydrogen-bond donors (Lipinski definition) is 2. The van der Waals surface area contributed by atoms with E-state index >= 15 is 0 Å². The SMILES string of the molecule is COc1cc(CNNc2ccccc2)ccc1OC(=O)C1CCCCC1. The molecule has 0 amide bonds. The van der Waals surface area contributed by atoms with E-state index in [0.29, 0.717) is 18.0 Å². The highest BCUT2D eigenvalue weighted by Gasteiger charge is 2.24. The molecule has 0 heterocycles. The molecule has 138 valence electrons. The standard InChI is InChI=1S/C21H26N2O3/c1-25-20-14-16(15-22-23-18-10-6-3-7-11-18)12-13-19(20)26-21(24)17-8-4-2-5-9-17/h3,6-7,10-14,17,22-23H,2,4-5,8-9,15H2,1H3. The highest BCUT2D eigenvalue weighted by molar-refractivity contribution is 5.76. The summed E-state index contributed by atoms with van der Waals surface area (Å²) in [5, 5.41) is 0. The average Bonchev–Trinajstić information content (AvgIpc) is 2.70. The van der Waals surface area contributed by atoms with Gasteiger partial charge in [-0.3, -0.25) is 4.79 Å². The van der Waals surface area contributed by atoms with Crippen LogP contribution in [-0.4, -0.2) is 13.1 Å². The zero-order valence-corrected chi connectivity index (χ0v) is 15.2. The molecular formula is C21H26N2O3. The van der Waals surface area contributed by atoms with Gasteiger partial charge in [-0.25, -0.2) is 5.43 Å². The second-order valence-electron chi connectivity index (χ2n) is 6.59. The molecule has 1 saturated carbocycles. The highest BCUT2D eigenvalue weighted by atomic mass is 16.6. The van der Waals surface area contributed by atoms with Gasteiger partial charge >= 0.3 is 5.97 Å². The van der Waals surface area contributed by atoms with Gasteiger partial charge in [0.1, 0.15) is 0 Å². The first-order chi connectivity index (χ1) is 12.8. The Bertz CT molecular complexity index is 712. The normalized spacial score (nSPS) is 14.7. The summed E-state index contributed by atoms with van der Waals surface area (Å²) in [5.74, 6) is 0.945. The van der Waals surface area contributed by atoms with Crippen molar-refractivity contribution in [2.75, 3.05) is 12.5 Å². The Hall–Kier alpha value is -2.53. The molecule has 26 heavy (non-hydrogen) atoms. The number of rotatable bonds is 7. The smallest absolute Gasteiger partial charge is 0.314 e. The zero-order valence-electron chi connectivity index (χ0n) is 15.2. The zero-order chi connectivity index (χ0) is 18.2. The number of nitrogens with one attached hydrogen (secondary N) is 2. The van der Waals surface area contributed by atoms with E-state index in [9.17, 15) is 4.79 Å². The maximum atomic E-state index is 12.3. The van der Waals surface area contributed by atoms with Crippen molar-refractivity contribution >= 4 is 11.7 Å². The molecule has 0 unspecified atom stereocenters. The molecular weight excluding hydrogens is 328 g/mol. The van der Waals surface area contributed by atoms with Gasteiger partial charge in [-0.15, -0.1) is 0 Å². The highest BCUT2D eigenvalue weighted by Crippen LogP contribution is 2.31. The molecule has 5 nitrogen and oxygen atoms in total. The quantitative estimate of drug-likeness (QED) is 0.441. The van der Waals surface area contributed by atoms with Crippen molar-refractivity contribution in [1.29, 1.82) is 0 Å². The number of carbonyl (C=O) groups is 1. The van der Waals surface area contributed by atoms with Gasteiger partial charge in [0.15, 0.2) is 11.5 Å². The Balaban J connectivity index is 1.57.